The Morgan fingerprint density at radius 1 is 1.43 bits per heavy atom. The second-order valence-electron chi connectivity index (χ2n) is 3.21. The van der Waals surface area contributed by atoms with Crippen LogP contribution >= 0.6 is 0 Å². The van der Waals surface area contributed by atoms with Gasteiger partial charge in [0.25, 0.3) is 0 Å². The third-order valence-electron chi connectivity index (χ3n) is 2.21. The van der Waals surface area contributed by atoms with Gasteiger partial charge in [0.15, 0.2) is 11.6 Å². The summed E-state index contributed by atoms with van der Waals surface area (Å²) in [6, 6.07) is 0.998. The van der Waals surface area contributed by atoms with Crippen LogP contribution in [0.3, 0.4) is 0 Å². The zero-order valence-electron chi connectivity index (χ0n) is 7.21. The van der Waals surface area contributed by atoms with Crippen LogP contribution in [0.1, 0.15) is 11.6 Å². The molecule has 2 rings (SSSR count). The Hall–Kier alpha value is -1.20. The van der Waals surface area contributed by atoms with Crippen molar-refractivity contribution < 1.29 is 18.6 Å². The van der Waals surface area contributed by atoms with Gasteiger partial charge in [-0.05, 0) is 6.07 Å². The highest BCUT2D eigenvalue weighted by molar-refractivity contribution is 5.40. The van der Waals surface area contributed by atoms with Crippen molar-refractivity contribution in [2.24, 2.45) is 5.73 Å². The molecule has 3 nitrogen and oxygen atoms in total. The van der Waals surface area contributed by atoms with Crippen molar-refractivity contribution in [1.29, 1.82) is 0 Å². The maximum Gasteiger partial charge on any atom is 0.168 e. The first-order chi connectivity index (χ1) is 6.59. The van der Waals surface area contributed by atoms with Crippen LogP contribution in [0.15, 0.2) is 12.1 Å². The van der Waals surface area contributed by atoms with Gasteiger partial charge in [0.2, 0.25) is 0 Å². The number of aliphatic hydroxyl groups excluding tert-OH is 1. The first-order valence-electron chi connectivity index (χ1n) is 4.15. The Labute approximate surface area is 79.1 Å². The van der Waals surface area contributed by atoms with E-state index in [4.69, 9.17) is 10.5 Å². The van der Waals surface area contributed by atoms with Crippen LogP contribution in [0.4, 0.5) is 8.78 Å². The maximum absolute atomic E-state index is 13.1. The summed E-state index contributed by atoms with van der Waals surface area (Å²) in [5, 5.41) is 9.31. The molecule has 1 aromatic carbocycles. The van der Waals surface area contributed by atoms with Gasteiger partial charge in [-0.15, -0.1) is 0 Å². The molecule has 76 valence electrons. The summed E-state index contributed by atoms with van der Waals surface area (Å²) in [5.74, 6) is -1.58. The summed E-state index contributed by atoms with van der Waals surface area (Å²) >= 11 is 0. The minimum Gasteiger partial charge on any atom is -0.487 e. The number of aliphatic hydroxyl groups is 1. The molecule has 0 fully saturated rings. The van der Waals surface area contributed by atoms with Crippen molar-refractivity contribution in [1.82, 2.24) is 0 Å². The van der Waals surface area contributed by atoms with E-state index >= 15 is 0 Å². The topological polar surface area (TPSA) is 55.5 Å². The lowest BCUT2D eigenvalue weighted by atomic mass is 9.99. The van der Waals surface area contributed by atoms with Crippen LogP contribution in [0.2, 0.25) is 0 Å². The van der Waals surface area contributed by atoms with Gasteiger partial charge in [0, 0.05) is 11.6 Å². The van der Waals surface area contributed by atoms with E-state index in [0.717, 1.165) is 12.1 Å². The fraction of sp³-hybridized carbons (Fsp3) is 0.333. The standard InChI is InChI=1S/C9H9F2NO2/c10-4-1-5-8(12)7(13)3-14-9(5)6(11)2-4/h1-2,7-8,13H,3,12H2/t7-,8+/m1/s1. The monoisotopic (exact) mass is 201 g/mol. The Kier molecular flexibility index (Phi) is 2.13. The molecular formula is C9H9F2NO2. The molecule has 0 amide bonds. The summed E-state index contributed by atoms with van der Waals surface area (Å²) in [5.41, 5.74) is 5.73. The van der Waals surface area contributed by atoms with E-state index in [1.54, 1.807) is 0 Å². The van der Waals surface area contributed by atoms with Crippen LogP contribution in [0.5, 0.6) is 5.75 Å². The average Bonchev–Trinajstić information content (AvgIpc) is 2.12. The predicted molar refractivity (Wildman–Crippen MR) is 44.8 cm³/mol. The number of fused-ring (bicyclic) bond motifs is 1. The molecule has 2 atom stereocenters. The Morgan fingerprint density at radius 3 is 2.86 bits per heavy atom. The van der Waals surface area contributed by atoms with Gasteiger partial charge in [-0.1, -0.05) is 0 Å². The third-order valence-corrected chi connectivity index (χ3v) is 2.21. The molecule has 0 spiro atoms. The van der Waals surface area contributed by atoms with Gasteiger partial charge in [-0.2, -0.15) is 0 Å². The smallest absolute Gasteiger partial charge is 0.168 e. The highest BCUT2D eigenvalue weighted by Gasteiger charge is 2.29. The molecule has 0 saturated heterocycles. The Bertz CT molecular complexity index is 370. The van der Waals surface area contributed by atoms with Crippen molar-refractivity contribution in [3.63, 3.8) is 0 Å². The van der Waals surface area contributed by atoms with Gasteiger partial charge in [-0.25, -0.2) is 8.78 Å². The molecule has 1 aliphatic rings. The van der Waals surface area contributed by atoms with Gasteiger partial charge in [0.05, 0.1) is 6.04 Å². The van der Waals surface area contributed by atoms with Crippen LogP contribution in [-0.4, -0.2) is 17.8 Å². The largest absolute Gasteiger partial charge is 0.487 e. The average molecular weight is 201 g/mol. The van der Waals surface area contributed by atoms with Crippen molar-refractivity contribution in [2.75, 3.05) is 6.61 Å². The highest BCUT2D eigenvalue weighted by atomic mass is 19.1. The van der Waals surface area contributed by atoms with Crippen LogP contribution < -0.4 is 10.5 Å². The molecule has 0 unspecified atom stereocenters. The number of nitrogens with two attached hydrogens (primary N) is 1. The van der Waals surface area contributed by atoms with Gasteiger partial charge in [-0.3, -0.25) is 0 Å². The fourth-order valence-corrected chi connectivity index (χ4v) is 1.46. The highest BCUT2D eigenvalue weighted by Crippen LogP contribution is 2.33. The third kappa shape index (κ3) is 1.34. The molecule has 0 aliphatic carbocycles. The van der Waals surface area contributed by atoms with Crippen molar-refractivity contribution in [2.45, 2.75) is 12.1 Å². The molecule has 1 aromatic rings. The second kappa shape index (κ2) is 3.18. The molecule has 0 radical (unpaired) electrons. The predicted octanol–water partition coefficient (Wildman–Crippen LogP) is 0.718. The lowest BCUT2D eigenvalue weighted by Crippen LogP contribution is -2.36. The molecule has 0 aromatic heterocycles. The maximum atomic E-state index is 13.1. The molecule has 3 N–H and O–H groups in total. The first-order valence-corrected chi connectivity index (χ1v) is 4.15. The van der Waals surface area contributed by atoms with Crippen molar-refractivity contribution >= 4 is 0 Å². The van der Waals surface area contributed by atoms with Gasteiger partial charge in [0.1, 0.15) is 18.5 Å². The zero-order valence-corrected chi connectivity index (χ0v) is 7.21. The molecular weight excluding hydrogens is 192 g/mol. The SMILES string of the molecule is N[C@H]1c2cc(F)cc(F)c2OC[C@H]1O. The molecule has 0 saturated carbocycles. The van der Waals surface area contributed by atoms with Gasteiger partial charge < -0.3 is 15.6 Å². The Balaban J connectivity index is 2.54. The molecule has 5 heteroatoms. The van der Waals surface area contributed by atoms with Crippen LogP contribution in [0.25, 0.3) is 0 Å². The number of hydrogen-bond acceptors (Lipinski definition) is 3. The van der Waals surface area contributed by atoms with E-state index < -0.39 is 23.8 Å². The zero-order chi connectivity index (χ0) is 10.3. The summed E-state index contributed by atoms with van der Waals surface area (Å²) < 4.78 is 30.9. The minimum atomic E-state index is -0.927. The molecule has 0 bridgehead atoms. The van der Waals surface area contributed by atoms with Crippen molar-refractivity contribution in [3.8, 4) is 5.75 Å². The minimum absolute atomic E-state index is 0.0656. The van der Waals surface area contributed by atoms with Gasteiger partial charge >= 0.3 is 0 Å². The van der Waals surface area contributed by atoms with E-state index in [1.165, 1.54) is 0 Å². The molecule has 1 aliphatic heterocycles. The van der Waals surface area contributed by atoms with Crippen LogP contribution in [-0.2, 0) is 0 Å². The summed E-state index contributed by atoms with van der Waals surface area (Å²) in [6.45, 7) is -0.0727. The number of ether oxygens (including phenoxy) is 1. The normalized spacial score (nSPS) is 25.4. The van der Waals surface area contributed by atoms with Crippen LogP contribution in [0, 0.1) is 11.6 Å². The first kappa shape index (κ1) is 9.36. The van der Waals surface area contributed by atoms with Crippen molar-refractivity contribution in [3.05, 3.63) is 29.3 Å². The second-order valence-corrected chi connectivity index (χ2v) is 3.21. The fourth-order valence-electron chi connectivity index (χ4n) is 1.46. The quantitative estimate of drug-likeness (QED) is 0.650. The molecule has 14 heavy (non-hydrogen) atoms. The lowest BCUT2D eigenvalue weighted by Gasteiger charge is -2.27. The van der Waals surface area contributed by atoms with E-state index in [0.29, 0.717) is 0 Å². The van der Waals surface area contributed by atoms with E-state index in [1.807, 2.05) is 0 Å². The number of halogens is 2. The Morgan fingerprint density at radius 2 is 2.14 bits per heavy atom. The summed E-state index contributed by atoms with van der Waals surface area (Å²) in [6.07, 6.45) is -0.927. The van der Waals surface area contributed by atoms with E-state index in [2.05, 4.69) is 0 Å². The summed E-state index contributed by atoms with van der Waals surface area (Å²) in [7, 11) is 0. The number of rotatable bonds is 0. The summed E-state index contributed by atoms with van der Waals surface area (Å²) in [4.78, 5) is 0. The van der Waals surface area contributed by atoms with E-state index in [-0.39, 0.29) is 17.9 Å². The van der Waals surface area contributed by atoms with E-state index in [9.17, 15) is 13.9 Å². The molecule has 1 heterocycles. The number of hydrogen-bond donors (Lipinski definition) is 2. The lowest BCUT2D eigenvalue weighted by molar-refractivity contribution is 0.0649. The number of benzene rings is 1.